The zero-order chi connectivity index (χ0) is 20.3. The van der Waals surface area contributed by atoms with Crippen LogP contribution in [-0.2, 0) is 11.2 Å². The maximum absolute atomic E-state index is 13.2. The lowest BCUT2D eigenvalue weighted by Crippen LogP contribution is -2.34. The van der Waals surface area contributed by atoms with Gasteiger partial charge in [-0.15, -0.1) is 0 Å². The number of amides is 1. The Bertz CT molecular complexity index is 966. The van der Waals surface area contributed by atoms with Gasteiger partial charge in [-0.3, -0.25) is 9.69 Å². The van der Waals surface area contributed by atoms with E-state index >= 15 is 0 Å². The molecule has 3 aromatic rings. The van der Waals surface area contributed by atoms with Crippen LogP contribution in [0.3, 0.4) is 0 Å². The molecule has 1 amide bonds. The molecule has 2 aromatic carbocycles. The number of nitrogens with zero attached hydrogens (tertiary/aromatic N) is 3. The fourth-order valence-corrected chi connectivity index (χ4v) is 4.40. The number of aryl methyl sites for hydroxylation is 2. The van der Waals surface area contributed by atoms with Crippen LogP contribution in [0, 0.1) is 19.7 Å². The largest absolute Gasteiger partial charge is 0.309 e. The summed E-state index contributed by atoms with van der Waals surface area (Å²) >= 11 is 1.55. The van der Waals surface area contributed by atoms with Crippen molar-refractivity contribution in [2.75, 3.05) is 32.1 Å². The van der Waals surface area contributed by atoms with E-state index < -0.39 is 0 Å². The van der Waals surface area contributed by atoms with Crippen LogP contribution in [0.2, 0.25) is 0 Å². The number of carbonyl (C=O) groups is 1. The van der Waals surface area contributed by atoms with Crippen LogP contribution in [-0.4, -0.2) is 43.0 Å². The Balaban J connectivity index is 1.88. The second-order valence-corrected chi connectivity index (χ2v) is 8.44. The molecule has 0 unspecified atom stereocenters. The molecule has 0 N–H and O–H groups in total. The van der Waals surface area contributed by atoms with Gasteiger partial charge < -0.3 is 4.90 Å². The van der Waals surface area contributed by atoms with E-state index in [4.69, 9.17) is 4.98 Å². The molecular weight excluding hydrogens is 373 g/mol. The van der Waals surface area contributed by atoms with Crippen LogP contribution in [0.1, 0.15) is 23.1 Å². The molecule has 0 aliphatic heterocycles. The topological polar surface area (TPSA) is 36.4 Å². The van der Waals surface area contributed by atoms with Crippen molar-refractivity contribution in [3.05, 3.63) is 58.9 Å². The van der Waals surface area contributed by atoms with Crippen molar-refractivity contribution in [2.45, 2.75) is 26.7 Å². The van der Waals surface area contributed by atoms with E-state index in [1.54, 1.807) is 28.4 Å². The van der Waals surface area contributed by atoms with Gasteiger partial charge in [0.05, 0.1) is 16.6 Å². The average Bonchev–Trinajstić information content (AvgIpc) is 3.04. The first-order valence-electron chi connectivity index (χ1n) is 9.41. The minimum Gasteiger partial charge on any atom is -0.309 e. The molecule has 1 heterocycles. The summed E-state index contributed by atoms with van der Waals surface area (Å²) in [4.78, 5) is 21.8. The first-order chi connectivity index (χ1) is 13.3. The minimum absolute atomic E-state index is 0.0150. The lowest BCUT2D eigenvalue weighted by molar-refractivity contribution is -0.118. The smallest absolute Gasteiger partial charge is 0.233 e. The van der Waals surface area contributed by atoms with Gasteiger partial charge in [0.25, 0.3) is 0 Å². The number of halogens is 1. The monoisotopic (exact) mass is 399 g/mol. The summed E-state index contributed by atoms with van der Waals surface area (Å²) in [6, 6.07) is 10.3. The summed E-state index contributed by atoms with van der Waals surface area (Å²) in [6.45, 7) is 5.62. The third-order valence-corrected chi connectivity index (χ3v) is 5.63. The summed E-state index contributed by atoms with van der Waals surface area (Å²) in [6.07, 6.45) is 1.09. The molecule has 1 aromatic heterocycles. The Morgan fingerprint density at radius 3 is 2.50 bits per heavy atom. The highest BCUT2D eigenvalue weighted by Crippen LogP contribution is 2.32. The molecule has 0 radical (unpaired) electrons. The number of hydrogen-bond donors (Lipinski definition) is 0. The quantitative estimate of drug-likeness (QED) is 0.583. The summed E-state index contributed by atoms with van der Waals surface area (Å²) < 4.78 is 14.3. The Labute approximate surface area is 169 Å². The summed E-state index contributed by atoms with van der Waals surface area (Å²) in [5, 5.41) is 0.731. The van der Waals surface area contributed by atoms with Gasteiger partial charge in [0.1, 0.15) is 5.82 Å². The van der Waals surface area contributed by atoms with E-state index in [1.165, 1.54) is 17.7 Å². The van der Waals surface area contributed by atoms with E-state index in [2.05, 4.69) is 30.9 Å². The maximum atomic E-state index is 13.2. The van der Waals surface area contributed by atoms with Crippen molar-refractivity contribution in [3.63, 3.8) is 0 Å². The first-order valence-corrected chi connectivity index (χ1v) is 10.2. The van der Waals surface area contributed by atoms with Gasteiger partial charge in [0, 0.05) is 6.54 Å². The van der Waals surface area contributed by atoms with Crippen LogP contribution >= 0.6 is 11.3 Å². The molecule has 0 saturated carbocycles. The van der Waals surface area contributed by atoms with Gasteiger partial charge >= 0.3 is 0 Å². The third-order valence-electron chi connectivity index (χ3n) is 4.61. The fourth-order valence-electron chi connectivity index (χ4n) is 3.22. The Kier molecular flexibility index (Phi) is 6.42. The Morgan fingerprint density at radius 1 is 1.11 bits per heavy atom. The average molecular weight is 400 g/mol. The van der Waals surface area contributed by atoms with E-state index in [-0.39, 0.29) is 18.1 Å². The zero-order valence-corrected chi connectivity index (χ0v) is 17.6. The number of carbonyl (C=O) groups excluding carboxylic acids is 1. The number of rotatable bonds is 7. The van der Waals surface area contributed by atoms with Crippen LogP contribution in [0.25, 0.3) is 10.2 Å². The summed E-state index contributed by atoms with van der Waals surface area (Å²) in [5.41, 5.74) is 4.07. The second-order valence-electron chi connectivity index (χ2n) is 7.43. The molecule has 4 nitrogen and oxygen atoms in total. The SMILES string of the molecule is Cc1cc(C)c2nc(N(CCCN(C)C)C(=O)Cc3ccc(F)cc3)sc2c1. The lowest BCUT2D eigenvalue weighted by atomic mass is 10.1. The summed E-state index contributed by atoms with van der Waals surface area (Å²) in [5.74, 6) is -0.310. The van der Waals surface area contributed by atoms with Crippen molar-refractivity contribution < 1.29 is 9.18 Å². The number of thiazole rings is 1. The van der Waals surface area contributed by atoms with Crippen molar-refractivity contribution in [2.24, 2.45) is 0 Å². The second kappa shape index (κ2) is 8.80. The standard InChI is InChI=1S/C22H26FN3OS/c1-15-12-16(2)21-19(13-15)28-22(24-21)26(11-5-10-25(3)4)20(27)14-17-6-8-18(23)9-7-17/h6-9,12-13H,5,10-11,14H2,1-4H3. The number of fused-ring (bicyclic) bond motifs is 1. The molecule has 148 valence electrons. The predicted octanol–water partition coefficient (Wildman–Crippen LogP) is 4.58. The van der Waals surface area contributed by atoms with Crippen LogP contribution in [0.15, 0.2) is 36.4 Å². The third kappa shape index (κ3) is 4.94. The highest BCUT2D eigenvalue weighted by molar-refractivity contribution is 7.22. The van der Waals surface area contributed by atoms with Crippen molar-refractivity contribution in [1.82, 2.24) is 9.88 Å². The van der Waals surface area contributed by atoms with Crippen LogP contribution < -0.4 is 4.90 Å². The van der Waals surface area contributed by atoms with Gasteiger partial charge in [-0.2, -0.15) is 0 Å². The molecule has 0 aliphatic rings. The maximum Gasteiger partial charge on any atom is 0.233 e. The molecule has 0 bridgehead atoms. The number of aromatic nitrogens is 1. The first kappa shape index (κ1) is 20.4. The normalized spacial score (nSPS) is 11.4. The molecular formula is C22H26FN3OS. The van der Waals surface area contributed by atoms with E-state index in [0.29, 0.717) is 6.54 Å². The molecule has 0 aliphatic carbocycles. The molecule has 0 saturated heterocycles. The van der Waals surface area contributed by atoms with Crippen molar-refractivity contribution >= 4 is 32.6 Å². The Morgan fingerprint density at radius 2 is 1.82 bits per heavy atom. The van der Waals surface area contributed by atoms with Crippen molar-refractivity contribution in [3.8, 4) is 0 Å². The van der Waals surface area contributed by atoms with E-state index in [0.717, 1.165) is 39.4 Å². The fraction of sp³-hybridized carbons (Fsp3) is 0.364. The summed E-state index contributed by atoms with van der Waals surface area (Å²) in [7, 11) is 4.04. The van der Waals surface area contributed by atoms with E-state index in [1.807, 2.05) is 14.1 Å². The zero-order valence-electron chi connectivity index (χ0n) is 16.8. The van der Waals surface area contributed by atoms with Gasteiger partial charge in [-0.25, -0.2) is 9.37 Å². The highest BCUT2D eigenvalue weighted by Gasteiger charge is 2.20. The Hall–Kier alpha value is -2.31. The lowest BCUT2D eigenvalue weighted by Gasteiger charge is -2.21. The molecule has 6 heteroatoms. The molecule has 3 rings (SSSR count). The molecule has 0 atom stereocenters. The van der Waals surface area contributed by atoms with E-state index in [9.17, 15) is 9.18 Å². The van der Waals surface area contributed by atoms with Gasteiger partial charge in [0.15, 0.2) is 5.13 Å². The number of hydrogen-bond acceptors (Lipinski definition) is 4. The molecule has 0 spiro atoms. The van der Waals surface area contributed by atoms with Crippen molar-refractivity contribution in [1.29, 1.82) is 0 Å². The van der Waals surface area contributed by atoms with Crippen LogP contribution in [0.4, 0.5) is 9.52 Å². The van der Waals surface area contributed by atoms with Gasteiger partial charge in [-0.1, -0.05) is 29.5 Å². The molecule has 28 heavy (non-hydrogen) atoms. The van der Waals surface area contributed by atoms with Crippen LogP contribution in [0.5, 0.6) is 0 Å². The predicted molar refractivity (Wildman–Crippen MR) is 115 cm³/mol. The number of anilines is 1. The molecule has 0 fully saturated rings. The van der Waals surface area contributed by atoms with Gasteiger partial charge in [0.2, 0.25) is 5.91 Å². The minimum atomic E-state index is -0.295. The number of benzene rings is 2. The van der Waals surface area contributed by atoms with Gasteiger partial charge in [-0.05, 0) is 75.8 Å². The highest BCUT2D eigenvalue weighted by atomic mass is 32.1.